The van der Waals surface area contributed by atoms with E-state index in [-0.39, 0.29) is 4.90 Å². The van der Waals surface area contributed by atoms with Crippen LogP contribution in [-0.4, -0.2) is 58.5 Å². The number of rotatable bonds is 9. The van der Waals surface area contributed by atoms with Gasteiger partial charge in [-0.2, -0.15) is 0 Å². The maximum atomic E-state index is 11.8. The molecule has 1 atom stereocenters. The average molecular weight is 410 g/mol. The lowest BCUT2D eigenvalue weighted by atomic mass is 10.0. The van der Waals surface area contributed by atoms with Crippen LogP contribution in [0.3, 0.4) is 0 Å². The molecule has 8 heteroatoms. The van der Waals surface area contributed by atoms with Crippen LogP contribution in [0.5, 0.6) is 0 Å². The van der Waals surface area contributed by atoms with Crippen LogP contribution in [-0.2, 0) is 16.6 Å². The molecule has 1 heterocycles. The van der Waals surface area contributed by atoms with E-state index < -0.39 is 10.0 Å². The second kappa shape index (κ2) is 11.4. The van der Waals surface area contributed by atoms with Crippen molar-refractivity contribution >= 4 is 16.0 Å². The van der Waals surface area contributed by atoms with E-state index in [4.69, 9.17) is 0 Å². The molecule has 0 amide bonds. The number of nitrogens with one attached hydrogen (secondary N) is 3. The highest BCUT2D eigenvalue weighted by Crippen LogP contribution is 2.16. The SMILES string of the molecule is CCNC(=NCc1ccc(S(=O)(=O)NC)cc1)NCCCN1CCCCC1C. The second-order valence-corrected chi connectivity index (χ2v) is 9.09. The van der Waals surface area contributed by atoms with E-state index in [0.29, 0.717) is 12.6 Å². The van der Waals surface area contributed by atoms with Crippen molar-refractivity contribution in [1.29, 1.82) is 0 Å². The third kappa shape index (κ3) is 7.07. The van der Waals surface area contributed by atoms with Gasteiger partial charge in [-0.1, -0.05) is 18.6 Å². The Morgan fingerprint density at radius 1 is 1.21 bits per heavy atom. The quantitative estimate of drug-likeness (QED) is 0.330. The van der Waals surface area contributed by atoms with Gasteiger partial charge in [0.25, 0.3) is 0 Å². The van der Waals surface area contributed by atoms with Gasteiger partial charge in [-0.15, -0.1) is 0 Å². The van der Waals surface area contributed by atoms with Gasteiger partial charge in [0.1, 0.15) is 0 Å². The number of hydrogen-bond acceptors (Lipinski definition) is 4. The van der Waals surface area contributed by atoms with Crippen molar-refractivity contribution in [3.05, 3.63) is 29.8 Å². The smallest absolute Gasteiger partial charge is 0.240 e. The summed E-state index contributed by atoms with van der Waals surface area (Å²) in [5.74, 6) is 0.793. The molecule has 0 bridgehead atoms. The number of guanidine groups is 1. The molecule has 7 nitrogen and oxygen atoms in total. The minimum atomic E-state index is -3.40. The van der Waals surface area contributed by atoms with E-state index >= 15 is 0 Å². The third-order valence-corrected chi connectivity index (χ3v) is 6.55. The fraction of sp³-hybridized carbons (Fsp3) is 0.650. The monoisotopic (exact) mass is 409 g/mol. The minimum absolute atomic E-state index is 0.264. The largest absolute Gasteiger partial charge is 0.357 e. The summed E-state index contributed by atoms with van der Waals surface area (Å²) in [5, 5.41) is 6.66. The van der Waals surface area contributed by atoms with E-state index in [1.165, 1.54) is 32.9 Å². The number of nitrogens with zero attached hydrogens (tertiary/aromatic N) is 2. The summed E-state index contributed by atoms with van der Waals surface area (Å²) < 4.78 is 25.9. The van der Waals surface area contributed by atoms with Gasteiger partial charge in [-0.25, -0.2) is 18.1 Å². The Kier molecular flexibility index (Phi) is 9.21. The first kappa shape index (κ1) is 22.6. The molecule has 158 valence electrons. The Balaban J connectivity index is 1.82. The third-order valence-electron chi connectivity index (χ3n) is 5.12. The molecule has 1 fully saturated rings. The van der Waals surface area contributed by atoms with Gasteiger partial charge in [-0.05, 0) is 64.4 Å². The zero-order chi connectivity index (χ0) is 20.4. The van der Waals surface area contributed by atoms with E-state index in [1.807, 2.05) is 6.92 Å². The number of aliphatic imine (C=N–C) groups is 1. The standard InChI is InChI=1S/C20H35N5O2S/c1-4-22-20(23-13-7-15-25-14-6-5-8-17(25)2)24-16-18-9-11-19(12-10-18)28(26,27)21-3/h9-12,17,21H,4-8,13-16H2,1-3H3,(H2,22,23,24). The molecule has 1 aliphatic rings. The lowest BCUT2D eigenvalue weighted by Crippen LogP contribution is -2.41. The minimum Gasteiger partial charge on any atom is -0.357 e. The molecule has 1 aromatic carbocycles. The molecule has 2 rings (SSSR count). The predicted molar refractivity (Wildman–Crippen MR) is 115 cm³/mol. The summed E-state index contributed by atoms with van der Waals surface area (Å²) in [5.41, 5.74) is 0.967. The number of likely N-dealkylation sites (tertiary alicyclic amines) is 1. The van der Waals surface area contributed by atoms with Gasteiger partial charge in [-0.3, -0.25) is 0 Å². The van der Waals surface area contributed by atoms with E-state index in [0.717, 1.165) is 37.6 Å². The molecule has 1 aliphatic heterocycles. The molecule has 0 aromatic heterocycles. The Morgan fingerprint density at radius 3 is 2.61 bits per heavy atom. The second-order valence-electron chi connectivity index (χ2n) is 7.21. The fourth-order valence-electron chi connectivity index (χ4n) is 3.38. The van der Waals surface area contributed by atoms with Crippen molar-refractivity contribution in [3.8, 4) is 0 Å². The first-order chi connectivity index (χ1) is 13.5. The molecule has 1 saturated heterocycles. The molecule has 0 radical (unpaired) electrons. The summed E-state index contributed by atoms with van der Waals surface area (Å²) in [6.45, 7) is 8.89. The highest BCUT2D eigenvalue weighted by Gasteiger charge is 2.17. The average Bonchev–Trinajstić information content (AvgIpc) is 2.70. The van der Waals surface area contributed by atoms with E-state index in [2.05, 4.69) is 32.2 Å². The highest BCUT2D eigenvalue weighted by molar-refractivity contribution is 7.89. The van der Waals surface area contributed by atoms with Crippen molar-refractivity contribution in [3.63, 3.8) is 0 Å². The van der Waals surface area contributed by atoms with E-state index in [1.54, 1.807) is 24.3 Å². The summed E-state index contributed by atoms with van der Waals surface area (Å²) in [4.78, 5) is 7.45. The van der Waals surface area contributed by atoms with Gasteiger partial charge in [0.05, 0.1) is 11.4 Å². The Morgan fingerprint density at radius 2 is 1.96 bits per heavy atom. The molecule has 0 aliphatic carbocycles. The Labute approximate surface area is 170 Å². The predicted octanol–water partition coefficient (Wildman–Crippen LogP) is 1.91. The topological polar surface area (TPSA) is 85.8 Å². The number of benzene rings is 1. The molecule has 0 spiro atoms. The van der Waals surface area contributed by atoms with E-state index in [9.17, 15) is 8.42 Å². The van der Waals surface area contributed by atoms with Crippen molar-refractivity contribution in [2.24, 2.45) is 4.99 Å². The van der Waals surface area contributed by atoms with Crippen LogP contribution in [0.4, 0.5) is 0 Å². The fourth-order valence-corrected chi connectivity index (χ4v) is 4.11. The van der Waals surface area contributed by atoms with Crippen molar-refractivity contribution < 1.29 is 8.42 Å². The summed E-state index contributed by atoms with van der Waals surface area (Å²) in [6.07, 6.45) is 5.07. The Bertz CT molecular complexity index is 719. The first-order valence-corrected chi connectivity index (χ1v) is 11.7. The maximum Gasteiger partial charge on any atom is 0.240 e. The maximum absolute atomic E-state index is 11.8. The normalized spacial score (nSPS) is 18.8. The van der Waals surface area contributed by atoms with Crippen LogP contribution < -0.4 is 15.4 Å². The van der Waals surface area contributed by atoms with Crippen molar-refractivity contribution in [2.45, 2.75) is 57.0 Å². The van der Waals surface area contributed by atoms with Gasteiger partial charge >= 0.3 is 0 Å². The molecular formula is C20H35N5O2S. The molecule has 3 N–H and O–H groups in total. The molecular weight excluding hydrogens is 374 g/mol. The van der Waals surface area contributed by atoms with Crippen LogP contribution in [0, 0.1) is 0 Å². The van der Waals surface area contributed by atoms with Crippen LogP contribution in [0.2, 0.25) is 0 Å². The highest BCUT2D eigenvalue weighted by atomic mass is 32.2. The zero-order valence-electron chi connectivity index (χ0n) is 17.4. The molecule has 0 saturated carbocycles. The molecule has 1 aromatic rings. The van der Waals surface area contributed by atoms with Crippen LogP contribution in [0.1, 0.15) is 45.1 Å². The molecule has 1 unspecified atom stereocenters. The Hall–Kier alpha value is -1.64. The summed E-state index contributed by atoms with van der Waals surface area (Å²) >= 11 is 0. The zero-order valence-corrected chi connectivity index (χ0v) is 18.2. The van der Waals surface area contributed by atoms with Crippen LogP contribution in [0.25, 0.3) is 0 Å². The van der Waals surface area contributed by atoms with Crippen molar-refractivity contribution in [2.75, 3.05) is 33.2 Å². The van der Waals surface area contributed by atoms with Crippen molar-refractivity contribution in [1.82, 2.24) is 20.3 Å². The number of hydrogen-bond donors (Lipinski definition) is 3. The molecule has 28 heavy (non-hydrogen) atoms. The lowest BCUT2D eigenvalue weighted by molar-refractivity contribution is 0.159. The lowest BCUT2D eigenvalue weighted by Gasteiger charge is -2.33. The van der Waals surface area contributed by atoms with Crippen LogP contribution >= 0.6 is 0 Å². The summed E-state index contributed by atoms with van der Waals surface area (Å²) in [6, 6.07) is 7.52. The summed E-state index contributed by atoms with van der Waals surface area (Å²) in [7, 11) is -1.99. The van der Waals surface area contributed by atoms with Gasteiger partial charge in [0.15, 0.2) is 5.96 Å². The van der Waals surface area contributed by atoms with Crippen LogP contribution in [0.15, 0.2) is 34.2 Å². The van der Waals surface area contributed by atoms with Gasteiger partial charge in [0.2, 0.25) is 10.0 Å². The van der Waals surface area contributed by atoms with Gasteiger partial charge < -0.3 is 15.5 Å². The number of sulfonamides is 1. The van der Waals surface area contributed by atoms with Gasteiger partial charge in [0, 0.05) is 25.7 Å². The first-order valence-electron chi connectivity index (χ1n) is 10.2. The number of piperidine rings is 1.